The van der Waals surface area contributed by atoms with Gasteiger partial charge < -0.3 is 25.0 Å². The number of aromatic hydroxyl groups is 2. The molecule has 1 amide bonds. The van der Waals surface area contributed by atoms with Gasteiger partial charge in [-0.05, 0) is 12.1 Å². The van der Waals surface area contributed by atoms with E-state index in [2.05, 4.69) is 0 Å². The number of phenolic OH excluding ortho intramolecular Hbond substituents is 2. The van der Waals surface area contributed by atoms with Crippen molar-refractivity contribution in [1.29, 1.82) is 0 Å². The Morgan fingerprint density at radius 2 is 2.17 bits per heavy atom. The number of carboxylic acids is 1. The third kappa shape index (κ3) is 2.37. The molecule has 1 aromatic carbocycles. The number of amides is 1. The van der Waals surface area contributed by atoms with E-state index >= 15 is 0 Å². The second kappa shape index (κ2) is 4.56. The van der Waals surface area contributed by atoms with Crippen LogP contribution in [0.25, 0.3) is 0 Å². The number of carbonyl (C=O) groups excluding carboxylic acids is 2. The molecule has 0 bridgehead atoms. The van der Waals surface area contributed by atoms with Crippen molar-refractivity contribution in [3.8, 4) is 11.5 Å². The van der Waals surface area contributed by atoms with Crippen molar-refractivity contribution in [2.45, 2.75) is 13.0 Å². The van der Waals surface area contributed by atoms with E-state index < -0.39 is 11.9 Å². The third-order valence-electron chi connectivity index (χ3n) is 2.98. The number of phenols is 2. The van der Waals surface area contributed by atoms with Crippen LogP contribution in [0.2, 0.25) is 0 Å². The first-order valence-electron chi connectivity index (χ1n) is 5.47. The zero-order valence-electron chi connectivity index (χ0n) is 9.50. The topological polar surface area (TPSA) is 101 Å². The fourth-order valence-electron chi connectivity index (χ4n) is 1.97. The van der Waals surface area contributed by atoms with E-state index in [0.29, 0.717) is 5.56 Å². The highest BCUT2D eigenvalue weighted by molar-refractivity contribution is 5.85. The van der Waals surface area contributed by atoms with Crippen LogP contribution in [-0.4, -0.2) is 33.5 Å². The molecule has 1 aromatic rings. The molecule has 0 unspecified atom stereocenters. The first-order valence-corrected chi connectivity index (χ1v) is 5.47. The molecule has 2 rings (SSSR count). The Bertz CT molecular complexity index is 499. The first kappa shape index (κ1) is 12.2. The van der Waals surface area contributed by atoms with Crippen LogP contribution in [0.4, 0.5) is 0 Å². The molecule has 0 saturated carbocycles. The predicted molar refractivity (Wildman–Crippen MR) is 58.3 cm³/mol. The van der Waals surface area contributed by atoms with Crippen molar-refractivity contribution in [1.82, 2.24) is 4.90 Å². The van der Waals surface area contributed by atoms with Gasteiger partial charge in [0, 0.05) is 43.0 Å². The highest BCUT2D eigenvalue weighted by Crippen LogP contribution is 2.26. The lowest BCUT2D eigenvalue weighted by Crippen LogP contribution is -2.33. The van der Waals surface area contributed by atoms with E-state index in [4.69, 9.17) is 5.11 Å². The molecule has 0 aliphatic carbocycles. The Morgan fingerprint density at radius 3 is 2.72 bits per heavy atom. The number of hydrogen-bond donors (Lipinski definition) is 2. The van der Waals surface area contributed by atoms with E-state index in [1.54, 1.807) is 0 Å². The predicted octanol–water partition coefficient (Wildman–Crippen LogP) is -0.804. The van der Waals surface area contributed by atoms with Gasteiger partial charge in [-0.2, -0.15) is 0 Å². The van der Waals surface area contributed by atoms with Crippen LogP contribution < -0.4 is 5.11 Å². The molecule has 0 aromatic heterocycles. The Hall–Kier alpha value is -2.24. The largest absolute Gasteiger partial charge is 0.550 e. The van der Waals surface area contributed by atoms with Gasteiger partial charge in [0.05, 0.1) is 0 Å². The molecular formula is C12H12NO5-. The van der Waals surface area contributed by atoms with Crippen molar-refractivity contribution >= 4 is 11.9 Å². The number of nitrogens with zero attached hydrogens (tertiary/aromatic N) is 1. The van der Waals surface area contributed by atoms with E-state index in [9.17, 15) is 19.8 Å². The fourth-order valence-corrected chi connectivity index (χ4v) is 1.97. The summed E-state index contributed by atoms with van der Waals surface area (Å²) in [6, 6.07) is 4.06. The van der Waals surface area contributed by atoms with Crippen molar-refractivity contribution in [2.75, 3.05) is 6.54 Å². The van der Waals surface area contributed by atoms with Crippen LogP contribution in [-0.2, 0) is 16.1 Å². The number of aliphatic carboxylic acids is 1. The van der Waals surface area contributed by atoms with Crippen LogP contribution in [0.3, 0.4) is 0 Å². The molecule has 1 aliphatic rings. The lowest BCUT2D eigenvalue weighted by molar-refractivity contribution is -0.311. The fraction of sp³-hybridized carbons (Fsp3) is 0.333. The second-order valence-electron chi connectivity index (χ2n) is 4.31. The van der Waals surface area contributed by atoms with E-state index in [1.807, 2.05) is 0 Å². The normalized spacial score (nSPS) is 19.2. The average molecular weight is 250 g/mol. The van der Waals surface area contributed by atoms with Crippen LogP contribution in [0.15, 0.2) is 18.2 Å². The van der Waals surface area contributed by atoms with E-state index in [1.165, 1.54) is 23.1 Å². The lowest BCUT2D eigenvalue weighted by Gasteiger charge is -2.17. The average Bonchev–Trinajstić information content (AvgIpc) is 2.64. The summed E-state index contributed by atoms with van der Waals surface area (Å²) in [4.78, 5) is 23.6. The van der Waals surface area contributed by atoms with Gasteiger partial charge in [-0.15, -0.1) is 0 Å². The van der Waals surface area contributed by atoms with Gasteiger partial charge in [-0.1, -0.05) is 0 Å². The quantitative estimate of drug-likeness (QED) is 0.731. The van der Waals surface area contributed by atoms with Gasteiger partial charge in [0.15, 0.2) is 0 Å². The molecule has 6 heteroatoms. The summed E-state index contributed by atoms with van der Waals surface area (Å²) >= 11 is 0. The molecule has 1 aliphatic heterocycles. The molecule has 0 radical (unpaired) electrons. The van der Waals surface area contributed by atoms with E-state index in [-0.39, 0.29) is 36.9 Å². The number of carboxylic acid groups (broad SMARTS) is 1. The zero-order valence-corrected chi connectivity index (χ0v) is 9.50. The molecule has 1 saturated heterocycles. The summed E-state index contributed by atoms with van der Waals surface area (Å²) in [5.74, 6) is -2.51. The zero-order chi connectivity index (χ0) is 13.3. The minimum absolute atomic E-state index is 0.0683. The van der Waals surface area contributed by atoms with Crippen molar-refractivity contribution in [3.63, 3.8) is 0 Å². The number of carbonyl (C=O) groups is 2. The number of hydrogen-bond acceptors (Lipinski definition) is 5. The minimum atomic E-state index is -1.24. The van der Waals surface area contributed by atoms with Crippen LogP contribution >= 0.6 is 0 Å². The molecule has 0 spiro atoms. The Labute approximate surface area is 103 Å². The van der Waals surface area contributed by atoms with Gasteiger partial charge >= 0.3 is 0 Å². The highest BCUT2D eigenvalue weighted by Gasteiger charge is 2.30. The van der Waals surface area contributed by atoms with Crippen LogP contribution in [0.1, 0.15) is 12.0 Å². The maximum absolute atomic E-state index is 11.6. The molecule has 1 atom stereocenters. The maximum atomic E-state index is 11.6. The van der Waals surface area contributed by atoms with Gasteiger partial charge in [0.25, 0.3) is 0 Å². The summed E-state index contributed by atoms with van der Waals surface area (Å²) in [7, 11) is 0. The first-order chi connectivity index (χ1) is 8.47. The maximum Gasteiger partial charge on any atom is 0.223 e. The van der Waals surface area contributed by atoms with E-state index in [0.717, 1.165) is 0 Å². The summed E-state index contributed by atoms with van der Waals surface area (Å²) in [6.07, 6.45) is -0.0683. The second-order valence-corrected chi connectivity index (χ2v) is 4.31. The summed E-state index contributed by atoms with van der Waals surface area (Å²) in [6.45, 7) is 0.205. The Balaban J connectivity index is 2.10. The summed E-state index contributed by atoms with van der Waals surface area (Å²) in [5.41, 5.74) is 0.458. The number of rotatable bonds is 3. The highest BCUT2D eigenvalue weighted by atomic mass is 16.4. The molecule has 6 nitrogen and oxygen atoms in total. The molecule has 1 fully saturated rings. The Morgan fingerprint density at radius 1 is 1.44 bits per heavy atom. The molecule has 1 heterocycles. The van der Waals surface area contributed by atoms with Crippen molar-refractivity contribution < 1.29 is 24.9 Å². The molecular weight excluding hydrogens is 238 g/mol. The van der Waals surface area contributed by atoms with Crippen molar-refractivity contribution in [3.05, 3.63) is 23.8 Å². The SMILES string of the molecule is O=C([O-])[C@H]1CC(=O)N(Cc2ccc(O)cc2O)C1. The summed E-state index contributed by atoms with van der Waals surface area (Å²) in [5, 5.41) is 29.4. The van der Waals surface area contributed by atoms with Gasteiger partial charge in [-0.3, -0.25) is 4.79 Å². The lowest BCUT2D eigenvalue weighted by atomic mass is 10.1. The minimum Gasteiger partial charge on any atom is -0.550 e. The number of likely N-dealkylation sites (tertiary alicyclic amines) is 1. The van der Waals surface area contributed by atoms with Crippen molar-refractivity contribution in [2.24, 2.45) is 5.92 Å². The molecule has 96 valence electrons. The van der Waals surface area contributed by atoms with Gasteiger partial charge in [-0.25, -0.2) is 0 Å². The van der Waals surface area contributed by atoms with Gasteiger partial charge in [0.1, 0.15) is 11.5 Å². The monoisotopic (exact) mass is 250 g/mol. The summed E-state index contributed by atoms with van der Waals surface area (Å²) < 4.78 is 0. The molecule has 2 N–H and O–H groups in total. The van der Waals surface area contributed by atoms with Crippen LogP contribution in [0.5, 0.6) is 11.5 Å². The van der Waals surface area contributed by atoms with Crippen LogP contribution in [0, 0.1) is 5.92 Å². The Kier molecular flexibility index (Phi) is 3.10. The van der Waals surface area contributed by atoms with Gasteiger partial charge in [0.2, 0.25) is 5.91 Å². The molecule has 18 heavy (non-hydrogen) atoms. The smallest absolute Gasteiger partial charge is 0.223 e. The number of benzene rings is 1. The standard InChI is InChI=1S/C12H13NO5/c14-9-2-1-7(10(15)4-9)5-13-6-8(12(17)18)3-11(13)16/h1-2,4,8,14-15H,3,5-6H2,(H,17,18)/p-1/t8-/m0/s1. The third-order valence-corrected chi connectivity index (χ3v) is 2.98.